The Labute approximate surface area is 170 Å². The van der Waals surface area contributed by atoms with Crippen LogP contribution in [-0.2, 0) is 11.0 Å². The maximum atomic E-state index is 13.6. The van der Waals surface area contributed by atoms with E-state index in [-0.39, 0.29) is 22.1 Å². The number of rotatable bonds is 2. The fraction of sp³-hybridized carbons (Fsp3) is 0.250. The fourth-order valence-electron chi connectivity index (χ4n) is 3.44. The van der Waals surface area contributed by atoms with Crippen molar-refractivity contribution in [2.75, 3.05) is 9.80 Å². The molecule has 1 N–H and O–H groups in total. The number of nitriles is 1. The number of anilines is 2. The van der Waals surface area contributed by atoms with Gasteiger partial charge in [0.05, 0.1) is 22.9 Å². The van der Waals surface area contributed by atoms with Gasteiger partial charge in [-0.25, -0.2) is 0 Å². The van der Waals surface area contributed by atoms with Crippen molar-refractivity contribution in [3.8, 4) is 11.8 Å². The number of hydrogen-bond acceptors (Lipinski definition) is 4. The Hall–Kier alpha value is -3.12. The molecule has 3 rings (SSSR count). The smallest absolute Gasteiger partial charge is 0.418 e. The first-order chi connectivity index (χ1) is 13.4. The molecule has 0 radical (unpaired) electrons. The predicted molar refractivity (Wildman–Crippen MR) is 106 cm³/mol. The zero-order valence-corrected chi connectivity index (χ0v) is 16.5. The standard InChI is InChI=1S/C20H16F3N3O2S/c1-11-15(9-4-12(10-24)16(11)20(21,22)23)25-17(28)19(2,3)26(18(25)29)13-5-7-14(27)8-6-13/h4-9,27H,1-3H3. The van der Waals surface area contributed by atoms with Crippen LogP contribution in [0, 0.1) is 18.3 Å². The number of aromatic hydroxyl groups is 1. The highest BCUT2D eigenvalue weighted by Gasteiger charge is 2.51. The van der Waals surface area contributed by atoms with Crippen molar-refractivity contribution in [1.29, 1.82) is 5.26 Å². The third kappa shape index (κ3) is 3.19. The molecule has 0 saturated carbocycles. The van der Waals surface area contributed by atoms with Crippen LogP contribution in [0.15, 0.2) is 36.4 Å². The summed E-state index contributed by atoms with van der Waals surface area (Å²) in [4.78, 5) is 15.7. The second-order valence-electron chi connectivity index (χ2n) is 7.08. The van der Waals surface area contributed by atoms with Gasteiger partial charge in [-0.2, -0.15) is 18.4 Å². The Morgan fingerprint density at radius 2 is 1.72 bits per heavy atom. The molecule has 2 aromatic carbocycles. The van der Waals surface area contributed by atoms with Gasteiger partial charge in [0.2, 0.25) is 0 Å². The number of phenolic OH excluding ortho intramolecular Hbond substituents is 1. The number of halogens is 3. The summed E-state index contributed by atoms with van der Waals surface area (Å²) in [6.07, 6.45) is -4.76. The number of hydrogen-bond donors (Lipinski definition) is 1. The van der Waals surface area contributed by atoms with Crippen LogP contribution >= 0.6 is 12.2 Å². The van der Waals surface area contributed by atoms with E-state index in [0.717, 1.165) is 11.0 Å². The van der Waals surface area contributed by atoms with Crippen LogP contribution in [0.1, 0.15) is 30.5 Å². The largest absolute Gasteiger partial charge is 0.508 e. The minimum Gasteiger partial charge on any atom is -0.508 e. The highest BCUT2D eigenvalue weighted by atomic mass is 32.1. The molecule has 1 amide bonds. The van der Waals surface area contributed by atoms with Crippen LogP contribution < -0.4 is 9.80 Å². The Kier molecular flexibility index (Phi) is 4.79. The monoisotopic (exact) mass is 419 g/mol. The maximum absolute atomic E-state index is 13.6. The van der Waals surface area contributed by atoms with E-state index in [1.165, 1.54) is 30.0 Å². The molecule has 0 bridgehead atoms. The third-order valence-corrected chi connectivity index (χ3v) is 5.22. The van der Waals surface area contributed by atoms with Gasteiger partial charge in [0.15, 0.2) is 5.11 Å². The van der Waals surface area contributed by atoms with Crippen LogP contribution in [-0.4, -0.2) is 21.7 Å². The van der Waals surface area contributed by atoms with E-state index >= 15 is 0 Å². The minimum atomic E-state index is -4.76. The lowest BCUT2D eigenvalue weighted by Crippen LogP contribution is -2.44. The van der Waals surface area contributed by atoms with E-state index in [2.05, 4.69) is 0 Å². The third-order valence-electron chi connectivity index (χ3n) is 4.86. The van der Waals surface area contributed by atoms with Crippen molar-refractivity contribution in [1.82, 2.24) is 0 Å². The summed E-state index contributed by atoms with van der Waals surface area (Å²) in [7, 11) is 0. The second-order valence-corrected chi connectivity index (χ2v) is 7.44. The van der Waals surface area contributed by atoms with Gasteiger partial charge in [-0.05, 0) is 75.0 Å². The van der Waals surface area contributed by atoms with Crippen LogP contribution in [0.3, 0.4) is 0 Å². The lowest BCUT2D eigenvalue weighted by atomic mass is 9.98. The van der Waals surface area contributed by atoms with E-state index in [4.69, 9.17) is 17.5 Å². The topological polar surface area (TPSA) is 67.6 Å². The molecule has 1 fully saturated rings. The molecule has 1 aliphatic rings. The summed E-state index contributed by atoms with van der Waals surface area (Å²) in [6, 6.07) is 9.86. The molecule has 0 unspecified atom stereocenters. The lowest BCUT2D eigenvalue weighted by molar-refractivity contribution is -0.138. The van der Waals surface area contributed by atoms with E-state index < -0.39 is 28.7 Å². The predicted octanol–water partition coefficient (Wildman–Crippen LogP) is 4.51. The zero-order chi connectivity index (χ0) is 21.7. The number of nitrogens with zero attached hydrogens (tertiary/aromatic N) is 3. The van der Waals surface area contributed by atoms with Crippen molar-refractivity contribution in [3.05, 3.63) is 53.1 Å². The van der Waals surface area contributed by atoms with Crippen molar-refractivity contribution in [3.63, 3.8) is 0 Å². The fourth-order valence-corrected chi connectivity index (χ4v) is 3.96. The number of carbonyl (C=O) groups is 1. The number of thiocarbonyl (C=S) groups is 1. The molecule has 1 aliphatic heterocycles. The molecule has 0 spiro atoms. The van der Waals surface area contributed by atoms with E-state index in [9.17, 15) is 23.1 Å². The van der Waals surface area contributed by atoms with Crippen LogP contribution in [0.5, 0.6) is 5.75 Å². The van der Waals surface area contributed by atoms with E-state index in [1.807, 2.05) is 0 Å². The van der Waals surface area contributed by atoms with Gasteiger partial charge in [-0.1, -0.05) is 0 Å². The van der Waals surface area contributed by atoms with Crippen LogP contribution in [0.2, 0.25) is 0 Å². The van der Waals surface area contributed by atoms with Gasteiger partial charge < -0.3 is 10.0 Å². The SMILES string of the molecule is Cc1c(N2C(=O)C(C)(C)N(c3ccc(O)cc3)C2=S)ccc(C#N)c1C(F)(F)F. The first-order valence-electron chi connectivity index (χ1n) is 8.50. The highest BCUT2D eigenvalue weighted by molar-refractivity contribution is 7.81. The Bertz CT molecular complexity index is 1060. The average molecular weight is 419 g/mol. The maximum Gasteiger partial charge on any atom is 0.418 e. The molecule has 150 valence electrons. The van der Waals surface area contributed by atoms with Crippen molar-refractivity contribution < 1.29 is 23.1 Å². The highest BCUT2D eigenvalue weighted by Crippen LogP contribution is 2.42. The van der Waals surface area contributed by atoms with E-state index in [0.29, 0.717) is 5.69 Å². The molecule has 1 saturated heterocycles. The molecule has 29 heavy (non-hydrogen) atoms. The van der Waals surface area contributed by atoms with Crippen LogP contribution in [0.25, 0.3) is 0 Å². The number of amides is 1. The van der Waals surface area contributed by atoms with Gasteiger partial charge in [0.1, 0.15) is 11.3 Å². The molecule has 0 aliphatic carbocycles. The molecular formula is C20H16F3N3O2S. The molecular weight excluding hydrogens is 403 g/mol. The Balaban J connectivity index is 2.18. The molecule has 1 heterocycles. The minimum absolute atomic E-state index is 0.00613. The zero-order valence-electron chi connectivity index (χ0n) is 15.7. The summed E-state index contributed by atoms with van der Waals surface area (Å²) < 4.78 is 40.7. The Morgan fingerprint density at radius 1 is 1.14 bits per heavy atom. The summed E-state index contributed by atoms with van der Waals surface area (Å²) in [5.74, 6) is -0.478. The summed E-state index contributed by atoms with van der Waals surface area (Å²) in [6.45, 7) is 4.43. The number of carbonyl (C=O) groups excluding carboxylic acids is 1. The lowest BCUT2D eigenvalue weighted by Gasteiger charge is -2.29. The van der Waals surface area contributed by atoms with Gasteiger partial charge in [0, 0.05) is 5.69 Å². The molecule has 0 aromatic heterocycles. The van der Waals surface area contributed by atoms with Crippen LogP contribution in [0.4, 0.5) is 24.5 Å². The van der Waals surface area contributed by atoms with Gasteiger partial charge in [0.25, 0.3) is 5.91 Å². The summed E-state index contributed by atoms with van der Waals surface area (Å²) in [5, 5.41) is 18.6. The molecule has 9 heteroatoms. The van der Waals surface area contributed by atoms with Crippen molar-refractivity contribution >= 4 is 34.6 Å². The summed E-state index contributed by atoms with van der Waals surface area (Å²) >= 11 is 5.46. The summed E-state index contributed by atoms with van der Waals surface area (Å²) in [5.41, 5.74) is -2.56. The normalized spacial score (nSPS) is 16.3. The first kappa shape index (κ1) is 20.6. The number of alkyl halides is 3. The molecule has 5 nitrogen and oxygen atoms in total. The average Bonchev–Trinajstić information content (AvgIpc) is 2.80. The number of phenols is 1. The van der Waals surface area contributed by atoms with Crippen molar-refractivity contribution in [2.24, 2.45) is 0 Å². The molecule has 2 aromatic rings. The van der Waals surface area contributed by atoms with Crippen molar-refractivity contribution in [2.45, 2.75) is 32.5 Å². The first-order valence-corrected chi connectivity index (χ1v) is 8.90. The van der Waals surface area contributed by atoms with Gasteiger partial charge in [-0.3, -0.25) is 9.69 Å². The van der Waals surface area contributed by atoms with Gasteiger partial charge >= 0.3 is 6.18 Å². The molecule has 0 atom stereocenters. The van der Waals surface area contributed by atoms with E-state index in [1.54, 1.807) is 32.0 Å². The Morgan fingerprint density at radius 3 is 2.24 bits per heavy atom. The number of benzene rings is 2. The quantitative estimate of drug-likeness (QED) is 0.726. The van der Waals surface area contributed by atoms with Gasteiger partial charge in [-0.15, -0.1) is 0 Å². The second kappa shape index (κ2) is 6.74.